The molecule has 23 heavy (non-hydrogen) atoms. The molecule has 1 N–H and O–H groups in total. The van der Waals surface area contributed by atoms with Crippen LogP contribution in [-0.2, 0) is 6.42 Å². The zero-order valence-corrected chi connectivity index (χ0v) is 13.4. The number of likely N-dealkylation sites (tertiary alicyclic amines) is 1. The van der Waals surface area contributed by atoms with Crippen LogP contribution >= 0.6 is 0 Å². The van der Waals surface area contributed by atoms with Crippen LogP contribution < -0.4 is 4.90 Å². The zero-order chi connectivity index (χ0) is 15.8. The minimum atomic E-state index is 0.255. The van der Waals surface area contributed by atoms with Crippen molar-refractivity contribution >= 4 is 5.82 Å². The first-order valence-electron chi connectivity index (χ1n) is 8.32. The van der Waals surface area contributed by atoms with Gasteiger partial charge in [0.1, 0.15) is 5.75 Å². The van der Waals surface area contributed by atoms with Crippen LogP contribution in [0.2, 0.25) is 0 Å². The van der Waals surface area contributed by atoms with E-state index < -0.39 is 0 Å². The number of benzene rings is 1. The Balaban J connectivity index is 1.63. The molecule has 1 saturated heterocycles. The number of hydrogen-bond donors (Lipinski definition) is 1. The van der Waals surface area contributed by atoms with Gasteiger partial charge in [0.25, 0.3) is 0 Å². The van der Waals surface area contributed by atoms with Gasteiger partial charge in [-0.2, -0.15) is 0 Å². The number of likely N-dealkylation sites (N-methyl/N-ethyl adjacent to an activating group) is 1. The second-order valence-electron chi connectivity index (χ2n) is 6.60. The summed E-state index contributed by atoms with van der Waals surface area (Å²) >= 11 is 0. The number of fused-ring (bicyclic) bond motifs is 1. The molecule has 0 radical (unpaired) electrons. The van der Waals surface area contributed by atoms with E-state index in [9.17, 15) is 5.11 Å². The molecule has 1 aromatic carbocycles. The van der Waals surface area contributed by atoms with Gasteiger partial charge in [0.05, 0.1) is 5.69 Å². The maximum absolute atomic E-state index is 10.0. The van der Waals surface area contributed by atoms with Gasteiger partial charge >= 0.3 is 0 Å². The molecule has 3 heterocycles. The normalized spacial score (nSPS) is 21.4. The first-order chi connectivity index (χ1) is 11.2. The summed E-state index contributed by atoms with van der Waals surface area (Å²) in [4.78, 5) is 4.82. The van der Waals surface area contributed by atoms with Crippen molar-refractivity contribution < 1.29 is 5.11 Å². The number of anilines is 1. The van der Waals surface area contributed by atoms with E-state index in [2.05, 4.69) is 33.1 Å². The molecular weight excluding hydrogens is 288 g/mol. The van der Waals surface area contributed by atoms with Gasteiger partial charge in [0.2, 0.25) is 0 Å². The molecule has 5 heteroatoms. The van der Waals surface area contributed by atoms with Crippen LogP contribution in [0.4, 0.5) is 5.82 Å². The number of phenolic OH excluding ortho intramolecular Hbond substituents is 1. The Morgan fingerprint density at radius 3 is 2.87 bits per heavy atom. The minimum Gasteiger partial charge on any atom is -0.507 e. The summed E-state index contributed by atoms with van der Waals surface area (Å²) < 4.78 is 0. The Morgan fingerprint density at radius 1 is 1.17 bits per heavy atom. The van der Waals surface area contributed by atoms with Crippen molar-refractivity contribution in [3.05, 3.63) is 35.9 Å². The largest absolute Gasteiger partial charge is 0.507 e. The third-order valence-corrected chi connectivity index (χ3v) is 4.97. The number of piperidine rings is 1. The average molecular weight is 310 g/mol. The molecule has 120 valence electrons. The van der Waals surface area contributed by atoms with Crippen molar-refractivity contribution in [1.29, 1.82) is 0 Å². The lowest BCUT2D eigenvalue weighted by Crippen LogP contribution is -2.46. The Labute approximate surface area is 136 Å². The number of hydrogen-bond acceptors (Lipinski definition) is 5. The summed E-state index contributed by atoms with van der Waals surface area (Å²) in [5, 5.41) is 18.9. The summed E-state index contributed by atoms with van der Waals surface area (Å²) in [5.74, 6) is 1.29. The van der Waals surface area contributed by atoms with Crippen LogP contribution in [0.15, 0.2) is 30.3 Å². The Hall–Kier alpha value is -2.14. The minimum absolute atomic E-state index is 0.255. The van der Waals surface area contributed by atoms with Crippen LogP contribution in [-0.4, -0.2) is 52.9 Å². The van der Waals surface area contributed by atoms with E-state index in [1.54, 1.807) is 6.07 Å². The van der Waals surface area contributed by atoms with E-state index in [1.807, 2.05) is 18.2 Å². The Bertz CT molecular complexity index is 718. The lowest BCUT2D eigenvalue weighted by Gasteiger charge is -2.36. The molecule has 0 spiro atoms. The van der Waals surface area contributed by atoms with Gasteiger partial charge in [-0.3, -0.25) is 0 Å². The highest BCUT2D eigenvalue weighted by Gasteiger charge is 2.30. The number of rotatable bonds is 2. The summed E-state index contributed by atoms with van der Waals surface area (Å²) in [6.45, 7) is 3.31. The van der Waals surface area contributed by atoms with Gasteiger partial charge in [0.15, 0.2) is 5.82 Å². The second kappa shape index (κ2) is 5.81. The summed E-state index contributed by atoms with van der Waals surface area (Å²) in [6, 6.07) is 9.93. The van der Waals surface area contributed by atoms with Gasteiger partial charge in [-0.05, 0) is 51.1 Å². The quantitative estimate of drug-likeness (QED) is 0.922. The van der Waals surface area contributed by atoms with Gasteiger partial charge in [-0.25, -0.2) is 0 Å². The molecule has 1 atom stereocenters. The van der Waals surface area contributed by atoms with Crippen molar-refractivity contribution in [2.24, 2.45) is 0 Å². The van der Waals surface area contributed by atoms with Gasteiger partial charge < -0.3 is 14.9 Å². The summed E-state index contributed by atoms with van der Waals surface area (Å²) in [5.41, 5.74) is 2.74. The lowest BCUT2D eigenvalue weighted by atomic mass is 10.1. The first kappa shape index (κ1) is 14.5. The van der Waals surface area contributed by atoms with Gasteiger partial charge in [0, 0.05) is 30.3 Å². The van der Waals surface area contributed by atoms with Crippen molar-refractivity contribution in [2.45, 2.75) is 25.3 Å². The molecule has 1 unspecified atom stereocenters. The van der Waals surface area contributed by atoms with Gasteiger partial charge in [-0.15, -0.1) is 10.2 Å². The monoisotopic (exact) mass is 310 g/mol. The molecule has 2 aliphatic heterocycles. The van der Waals surface area contributed by atoms with Crippen LogP contribution in [0.5, 0.6) is 5.75 Å². The summed E-state index contributed by atoms with van der Waals surface area (Å²) in [6.07, 6.45) is 3.48. The number of nitrogens with zero attached hydrogens (tertiary/aromatic N) is 4. The molecule has 1 aromatic heterocycles. The molecule has 0 bridgehead atoms. The molecule has 1 fully saturated rings. The average Bonchev–Trinajstić information content (AvgIpc) is 2.98. The smallest absolute Gasteiger partial charge is 0.154 e. The molecule has 0 saturated carbocycles. The van der Waals surface area contributed by atoms with Crippen molar-refractivity contribution in [3.63, 3.8) is 0 Å². The molecule has 5 nitrogen and oxygen atoms in total. The van der Waals surface area contributed by atoms with Crippen LogP contribution in [0, 0.1) is 0 Å². The fourth-order valence-electron chi connectivity index (χ4n) is 3.77. The maximum atomic E-state index is 10.0. The fourth-order valence-corrected chi connectivity index (χ4v) is 3.77. The van der Waals surface area contributed by atoms with E-state index in [-0.39, 0.29) is 5.75 Å². The SMILES string of the molecule is CN1CCCC(N2CCc3cc(-c4ccccc4O)nnc32)C1. The predicted octanol–water partition coefficient (Wildman–Crippen LogP) is 2.31. The van der Waals surface area contributed by atoms with E-state index in [1.165, 1.54) is 24.9 Å². The van der Waals surface area contributed by atoms with E-state index in [4.69, 9.17) is 0 Å². The van der Waals surface area contributed by atoms with E-state index in [0.717, 1.165) is 36.6 Å². The molecule has 4 rings (SSSR count). The topological polar surface area (TPSA) is 52.5 Å². The molecule has 2 aromatic rings. The van der Waals surface area contributed by atoms with Crippen molar-refractivity contribution in [2.75, 3.05) is 31.6 Å². The van der Waals surface area contributed by atoms with Crippen molar-refractivity contribution in [1.82, 2.24) is 15.1 Å². The van der Waals surface area contributed by atoms with E-state index >= 15 is 0 Å². The third kappa shape index (κ3) is 2.65. The molecule has 0 aliphatic carbocycles. The van der Waals surface area contributed by atoms with Crippen LogP contribution in [0.25, 0.3) is 11.3 Å². The molecular formula is C18H22N4O. The predicted molar refractivity (Wildman–Crippen MR) is 90.7 cm³/mol. The number of aromatic nitrogens is 2. The maximum Gasteiger partial charge on any atom is 0.154 e. The highest BCUT2D eigenvalue weighted by atomic mass is 16.3. The zero-order valence-electron chi connectivity index (χ0n) is 13.4. The summed E-state index contributed by atoms with van der Waals surface area (Å²) in [7, 11) is 2.19. The number of phenols is 1. The van der Waals surface area contributed by atoms with Gasteiger partial charge in [-0.1, -0.05) is 12.1 Å². The van der Waals surface area contributed by atoms with Crippen LogP contribution in [0.3, 0.4) is 0 Å². The molecule has 0 amide bonds. The third-order valence-electron chi connectivity index (χ3n) is 4.97. The second-order valence-corrected chi connectivity index (χ2v) is 6.60. The Kier molecular flexibility index (Phi) is 3.65. The highest BCUT2D eigenvalue weighted by Crippen LogP contribution is 2.34. The highest BCUT2D eigenvalue weighted by molar-refractivity contribution is 5.69. The standard InChI is InChI=1S/C18H22N4O/c1-21-9-4-5-14(12-21)22-10-8-13-11-16(19-20-18(13)22)15-6-2-3-7-17(15)23/h2-3,6-7,11,14,23H,4-5,8-10,12H2,1H3. The molecule has 2 aliphatic rings. The lowest BCUT2D eigenvalue weighted by molar-refractivity contribution is 0.245. The first-order valence-corrected chi connectivity index (χ1v) is 8.32. The van der Waals surface area contributed by atoms with Crippen LogP contribution in [0.1, 0.15) is 18.4 Å². The van der Waals surface area contributed by atoms with E-state index in [0.29, 0.717) is 6.04 Å². The number of para-hydroxylation sites is 1. The van der Waals surface area contributed by atoms with Crippen molar-refractivity contribution in [3.8, 4) is 17.0 Å². The fraction of sp³-hybridized carbons (Fsp3) is 0.444. The Morgan fingerprint density at radius 2 is 2.04 bits per heavy atom. The number of aromatic hydroxyl groups is 1.